The molecule has 0 radical (unpaired) electrons. The Balaban J connectivity index is 2.08. The number of imidazole rings is 1. The minimum absolute atomic E-state index is 0.270. The van der Waals surface area contributed by atoms with Gasteiger partial charge in [-0.1, -0.05) is 24.3 Å². The molecule has 4 heteroatoms. The molecule has 0 aliphatic heterocycles. The molecule has 1 aromatic heterocycles. The molecule has 0 atom stereocenters. The Morgan fingerprint density at radius 1 is 1.05 bits per heavy atom. The number of benzene rings is 2. The first-order chi connectivity index (χ1) is 10.3. The number of para-hydroxylation sites is 2. The molecule has 2 aromatic carbocycles. The standard InChI is InChI=1S/C17H12N4/c18-9-8-17-20-15-6-1-2-7-16(15)21(17)12-14-5-3-4-13(10-14)11-19/h1-7,10H,8,12H2. The fourth-order valence-corrected chi connectivity index (χ4v) is 2.43. The van der Waals surface area contributed by atoms with E-state index in [9.17, 15) is 0 Å². The normalized spacial score (nSPS) is 10.2. The summed E-state index contributed by atoms with van der Waals surface area (Å²) in [5.41, 5.74) is 3.56. The average molecular weight is 272 g/mol. The lowest BCUT2D eigenvalue weighted by Gasteiger charge is -2.08. The zero-order valence-electron chi connectivity index (χ0n) is 11.3. The molecule has 0 amide bonds. The summed E-state index contributed by atoms with van der Waals surface area (Å²) in [5.74, 6) is 0.751. The molecule has 0 saturated carbocycles. The van der Waals surface area contributed by atoms with Crippen molar-refractivity contribution in [2.75, 3.05) is 0 Å². The van der Waals surface area contributed by atoms with E-state index in [1.165, 1.54) is 0 Å². The zero-order chi connectivity index (χ0) is 14.7. The van der Waals surface area contributed by atoms with Crippen molar-refractivity contribution >= 4 is 11.0 Å². The van der Waals surface area contributed by atoms with Gasteiger partial charge in [-0.25, -0.2) is 4.98 Å². The second-order valence-electron chi connectivity index (χ2n) is 4.75. The molecular weight excluding hydrogens is 260 g/mol. The number of hydrogen-bond donors (Lipinski definition) is 0. The van der Waals surface area contributed by atoms with Gasteiger partial charge in [0.05, 0.1) is 35.2 Å². The third-order valence-electron chi connectivity index (χ3n) is 3.37. The third-order valence-corrected chi connectivity index (χ3v) is 3.37. The maximum Gasteiger partial charge on any atom is 0.124 e. The minimum atomic E-state index is 0.270. The average Bonchev–Trinajstić information content (AvgIpc) is 2.86. The third kappa shape index (κ3) is 2.48. The van der Waals surface area contributed by atoms with Gasteiger partial charge < -0.3 is 4.57 Å². The van der Waals surface area contributed by atoms with Crippen molar-refractivity contribution in [1.29, 1.82) is 10.5 Å². The quantitative estimate of drug-likeness (QED) is 0.736. The van der Waals surface area contributed by atoms with E-state index in [0.717, 1.165) is 22.4 Å². The molecule has 3 rings (SSSR count). The molecule has 0 N–H and O–H groups in total. The smallest absolute Gasteiger partial charge is 0.124 e. The SMILES string of the molecule is N#CCc1nc2ccccc2n1Cc1cccc(C#N)c1. The van der Waals surface area contributed by atoms with Crippen LogP contribution in [0, 0.1) is 22.7 Å². The molecular formula is C17H12N4. The number of fused-ring (bicyclic) bond motifs is 1. The van der Waals surface area contributed by atoms with Crippen LogP contribution in [0.2, 0.25) is 0 Å². The summed E-state index contributed by atoms with van der Waals surface area (Å²) in [7, 11) is 0. The molecule has 1 heterocycles. The van der Waals surface area contributed by atoms with Gasteiger partial charge in [0.1, 0.15) is 5.82 Å². The number of nitriles is 2. The molecule has 21 heavy (non-hydrogen) atoms. The highest BCUT2D eigenvalue weighted by atomic mass is 15.1. The first-order valence-corrected chi connectivity index (χ1v) is 6.62. The minimum Gasteiger partial charge on any atom is -0.323 e. The highest BCUT2D eigenvalue weighted by molar-refractivity contribution is 5.76. The number of rotatable bonds is 3. The van der Waals surface area contributed by atoms with Crippen LogP contribution in [0.25, 0.3) is 11.0 Å². The summed E-state index contributed by atoms with van der Waals surface area (Å²) in [6.07, 6.45) is 0.270. The predicted octanol–water partition coefficient (Wildman–Crippen LogP) is 3.02. The molecule has 0 aliphatic rings. The summed E-state index contributed by atoms with van der Waals surface area (Å²) in [6, 6.07) is 19.6. The van der Waals surface area contributed by atoms with Crippen LogP contribution in [-0.2, 0) is 13.0 Å². The van der Waals surface area contributed by atoms with Crippen molar-refractivity contribution in [3.63, 3.8) is 0 Å². The second kappa shape index (κ2) is 5.48. The zero-order valence-corrected chi connectivity index (χ0v) is 11.3. The summed E-state index contributed by atoms with van der Waals surface area (Å²) in [5, 5.41) is 18.0. The van der Waals surface area contributed by atoms with E-state index in [1.807, 2.05) is 47.0 Å². The Morgan fingerprint density at radius 3 is 2.71 bits per heavy atom. The van der Waals surface area contributed by atoms with Gasteiger partial charge in [-0.05, 0) is 29.8 Å². The molecule has 0 bridgehead atoms. The monoisotopic (exact) mass is 272 g/mol. The fourth-order valence-electron chi connectivity index (χ4n) is 2.43. The Morgan fingerprint density at radius 2 is 1.90 bits per heavy atom. The lowest BCUT2D eigenvalue weighted by atomic mass is 10.1. The van der Waals surface area contributed by atoms with Crippen molar-refractivity contribution < 1.29 is 0 Å². The summed E-state index contributed by atoms with van der Waals surface area (Å²) in [6.45, 7) is 0.604. The van der Waals surface area contributed by atoms with Crippen molar-refractivity contribution in [1.82, 2.24) is 9.55 Å². The molecule has 100 valence electrons. The van der Waals surface area contributed by atoms with E-state index < -0.39 is 0 Å². The Hall–Kier alpha value is -3.11. The van der Waals surface area contributed by atoms with Crippen LogP contribution in [0.4, 0.5) is 0 Å². The summed E-state index contributed by atoms with van der Waals surface area (Å²) in [4.78, 5) is 4.52. The van der Waals surface area contributed by atoms with Gasteiger partial charge in [0.25, 0.3) is 0 Å². The largest absolute Gasteiger partial charge is 0.323 e. The molecule has 3 aromatic rings. The van der Waals surface area contributed by atoms with Crippen molar-refractivity contribution in [2.24, 2.45) is 0 Å². The van der Waals surface area contributed by atoms with Crippen molar-refractivity contribution in [3.05, 3.63) is 65.5 Å². The van der Waals surface area contributed by atoms with Gasteiger partial charge in [-0.3, -0.25) is 0 Å². The van der Waals surface area contributed by atoms with Crippen LogP contribution < -0.4 is 0 Å². The van der Waals surface area contributed by atoms with Crippen LogP contribution in [0.1, 0.15) is 17.0 Å². The van der Waals surface area contributed by atoms with E-state index in [4.69, 9.17) is 10.5 Å². The molecule has 0 aliphatic carbocycles. The van der Waals surface area contributed by atoms with Gasteiger partial charge >= 0.3 is 0 Å². The van der Waals surface area contributed by atoms with Gasteiger partial charge in [-0.15, -0.1) is 0 Å². The van der Waals surface area contributed by atoms with Crippen molar-refractivity contribution in [3.8, 4) is 12.1 Å². The molecule has 0 unspecified atom stereocenters. The second-order valence-corrected chi connectivity index (χ2v) is 4.75. The highest BCUT2D eigenvalue weighted by Gasteiger charge is 2.10. The predicted molar refractivity (Wildman–Crippen MR) is 79.3 cm³/mol. The Bertz CT molecular complexity index is 878. The van der Waals surface area contributed by atoms with E-state index in [-0.39, 0.29) is 6.42 Å². The fraction of sp³-hybridized carbons (Fsp3) is 0.118. The topological polar surface area (TPSA) is 65.4 Å². The summed E-state index contributed by atoms with van der Waals surface area (Å²) < 4.78 is 2.04. The van der Waals surface area contributed by atoms with Crippen molar-refractivity contribution in [2.45, 2.75) is 13.0 Å². The highest BCUT2D eigenvalue weighted by Crippen LogP contribution is 2.18. The van der Waals surface area contributed by atoms with Crippen LogP contribution in [0.3, 0.4) is 0 Å². The Kier molecular flexibility index (Phi) is 3.37. The molecule has 0 fully saturated rings. The first-order valence-electron chi connectivity index (χ1n) is 6.62. The number of aromatic nitrogens is 2. The van der Waals surface area contributed by atoms with E-state index >= 15 is 0 Å². The van der Waals surface area contributed by atoms with Gasteiger partial charge in [0.15, 0.2) is 0 Å². The van der Waals surface area contributed by atoms with Crippen LogP contribution >= 0.6 is 0 Å². The number of hydrogen-bond acceptors (Lipinski definition) is 3. The first kappa shape index (κ1) is 12.9. The van der Waals surface area contributed by atoms with Gasteiger partial charge in [0, 0.05) is 6.54 Å². The lowest BCUT2D eigenvalue weighted by Crippen LogP contribution is -2.05. The van der Waals surface area contributed by atoms with E-state index in [0.29, 0.717) is 12.1 Å². The van der Waals surface area contributed by atoms with Crippen LogP contribution in [0.15, 0.2) is 48.5 Å². The Labute approximate surface area is 122 Å². The van der Waals surface area contributed by atoms with Crippen LogP contribution in [-0.4, -0.2) is 9.55 Å². The lowest BCUT2D eigenvalue weighted by molar-refractivity contribution is 0.769. The maximum absolute atomic E-state index is 8.99. The van der Waals surface area contributed by atoms with Gasteiger partial charge in [-0.2, -0.15) is 10.5 Å². The number of nitrogens with zero attached hydrogens (tertiary/aromatic N) is 4. The molecule has 0 saturated heterocycles. The van der Waals surface area contributed by atoms with E-state index in [1.54, 1.807) is 6.07 Å². The summed E-state index contributed by atoms with van der Waals surface area (Å²) >= 11 is 0. The molecule has 0 spiro atoms. The maximum atomic E-state index is 8.99. The molecule has 4 nitrogen and oxygen atoms in total. The van der Waals surface area contributed by atoms with Crippen LogP contribution in [0.5, 0.6) is 0 Å². The van der Waals surface area contributed by atoms with E-state index in [2.05, 4.69) is 17.1 Å². The van der Waals surface area contributed by atoms with Gasteiger partial charge in [0.2, 0.25) is 0 Å².